The molecular weight excluding hydrogens is 210 g/mol. The first-order chi connectivity index (χ1) is 7.25. The Balaban J connectivity index is 2.14. The van der Waals surface area contributed by atoms with Gasteiger partial charge in [-0.05, 0) is 37.1 Å². The molecular formula is C12H12ClNO. The number of nitrogens with one attached hydrogen (secondary N) is 1. The summed E-state index contributed by atoms with van der Waals surface area (Å²) in [5.74, 6) is 0.0380. The van der Waals surface area contributed by atoms with Gasteiger partial charge < -0.3 is 5.32 Å². The number of hydrogen-bond donors (Lipinski definition) is 1. The summed E-state index contributed by atoms with van der Waals surface area (Å²) < 4.78 is 0. The average Bonchev–Trinajstić information content (AvgIpc) is 2.71. The van der Waals surface area contributed by atoms with Crippen LogP contribution in [0.1, 0.15) is 23.2 Å². The molecule has 0 bridgehead atoms. The normalized spacial score (nSPS) is 17.8. The van der Waals surface area contributed by atoms with Crippen LogP contribution in [0.5, 0.6) is 0 Å². The third kappa shape index (κ3) is 2.60. The summed E-state index contributed by atoms with van der Waals surface area (Å²) in [6.45, 7) is 0.972. The number of ketones is 1. The van der Waals surface area contributed by atoms with Gasteiger partial charge in [0.1, 0.15) is 0 Å². The zero-order valence-electron chi connectivity index (χ0n) is 8.29. The molecule has 0 aliphatic carbocycles. The predicted octanol–water partition coefficient (Wildman–Crippen LogP) is 2.79. The second-order valence-electron chi connectivity index (χ2n) is 3.57. The first-order valence-electron chi connectivity index (χ1n) is 5.00. The Labute approximate surface area is 93.9 Å². The lowest BCUT2D eigenvalue weighted by Crippen LogP contribution is -2.06. The minimum Gasteiger partial charge on any atom is -0.388 e. The van der Waals surface area contributed by atoms with Crippen molar-refractivity contribution >= 4 is 17.4 Å². The molecule has 2 nitrogen and oxygen atoms in total. The third-order valence-corrected chi connectivity index (χ3v) is 2.66. The number of allylic oxidation sites excluding steroid dienone is 2. The maximum atomic E-state index is 11.8. The first kappa shape index (κ1) is 10.2. The van der Waals surface area contributed by atoms with E-state index in [9.17, 15) is 4.79 Å². The SMILES string of the molecule is O=C(C=C1CCCN1)c1ccc(Cl)cc1. The fourth-order valence-corrected chi connectivity index (χ4v) is 1.72. The summed E-state index contributed by atoms with van der Waals surface area (Å²) in [5, 5.41) is 3.83. The van der Waals surface area contributed by atoms with Crippen molar-refractivity contribution in [3.8, 4) is 0 Å². The number of carbonyl (C=O) groups is 1. The van der Waals surface area contributed by atoms with Crippen molar-refractivity contribution in [3.05, 3.63) is 46.6 Å². The molecule has 1 aliphatic heterocycles. The molecule has 1 heterocycles. The molecule has 2 rings (SSSR count). The lowest BCUT2D eigenvalue weighted by molar-refractivity contribution is 0.104. The number of carbonyl (C=O) groups excluding carboxylic acids is 1. The van der Waals surface area contributed by atoms with Gasteiger partial charge in [-0.25, -0.2) is 0 Å². The third-order valence-electron chi connectivity index (χ3n) is 2.41. The molecule has 78 valence electrons. The molecule has 0 spiro atoms. The topological polar surface area (TPSA) is 29.1 Å². The lowest BCUT2D eigenvalue weighted by atomic mass is 10.1. The maximum Gasteiger partial charge on any atom is 0.187 e. The average molecular weight is 222 g/mol. The van der Waals surface area contributed by atoms with Gasteiger partial charge in [0.05, 0.1) is 0 Å². The summed E-state index contributed by atoms with van der Waals surface area (Å²) >= 11 is 5.75. The summed E-state index contributed by atoms with van der Waals surface area (Å²) in [4.78, 5) is 11.8. The molecule has 1 fully saturated rings. The van der Waals surface area contributed by atoms with Crippen LogP contribution in [0.4, 0.5) is 0 Å². The van der Waals surface area contributed by atoms with E-state index in [1.54, 1.807) is 30.3 Å². The molecule has 0 unspecified atom stereocenters. The Hall–Kier alpha value is -1.28. The number of hydrogen-bond acceptors (Lipinski definition) is 2. The highest BCUT2D eigenvalue weighted by atomic mass is 35.5. The molecule has 0 atom stereocenters. The van der Waals surface area contributed by atoms with E-state index >= 15 is 0 Å². The van der Waals surface area contributed by atoms with E-state index in [-0.39, 0.29) is 5.78 Å². The fourth-order valence-electron chi connectivity index (χ4n) is 1.60. The monoisotopic (exact) mass is 221 g/mol. The van der Waals surface area contributed by atoms with Crippen molar-refractivity contribution in [2.45, 2.75) is 12.8 Å². The van der Waals surface area contributed by atoms with Gasteiger partial charge in [-0.3, -0.25) is 4.79 Å². The van der Waals surface area contributed by atoms with Gasteiger partial charge in [-0.1, -0.05) is 11.6 Å². The predicted molar refractivity (Wildman–Crippen MR) is 61.1 cm³/mol. The van der Waals surface area contributed by atoms with E-state index in [2.05, 4.69) is 5.32 Å². The Morgan fingerprint density at radius 2 is 2.07 bits per heavy atom. The molecule has 0 amide bonds. The van der Waals surface area contributed by atoms with Gasteiger partial charge in [0.15, 0.2) is 5.78 Å². The van der Waals surface area contributed by atoms with E-state index in [4.69, 9.17) is 11.6 Å². The van der Waals surface area contributed by atoms with Crippen molar-refractivity contribution < 1.29 is 4.79 Å². The van der Waals surface area contributed by atoms with Gasteiger partial charge in [-0.2, -0.15) is 0 Å². The lowest BCUT2D eigenvalue weighted by Gasteiger charge is -1.99. The fraction of sp³-hybridized carbons (Fsp3) is 0.250. The molecule has 1 aromatic carbocycles. The van der Waals surface area contributed by atoms with E-state index in [0.717, 1.165) is 25.1 Å². The summed E-state index contributed by atoms with van der Waals surface area (Å²) in [6.07, 6.45) is 3.76. The van der Waals surface area contributed by atoms with Gasteiger partial charge in [0.25, 0.3) is 0 Å². The zero-order chi connectivity index (χ0) is 10.7. The van der Waals surface area contributed by atoms with Gasteiger partial charge in [-0.15, -0.1) is 0 Å². The second-order valence-corrected chi connectivity index (χ2v) is 4.01. The molecule has 0 saturated carbocycles. The first-order valence-corrected chi connectivity index (χ1v) is 5.38. The molecule has 1 saturated heterocycles. The quantitative estimate of drug-likeness (QED) is 0.615. The highest BCUT2D eigenvalue weighted by Crippen LogP contribution is 2.13. The minimum absolute atomic E-state index is 0.0380. The minimum atomic E-state index is 0.0380. The molecule has 1 N–H and O–H groups in total. The van der Waals surface area contributed by atoms with Crippen molar-refractivity contribution in [1.82, 2.24) is 5.32 Å². The van der Waals surface area contributed by atoms with Crippen LogP contribution in [0, 0.1) is 0 Å². The largest absolute Gasteiger partial charge is 0.388 e. The molecule has 15 heavy (non-hydrogen) atoms. The standard InChI is InChI=1S/C12H12ClNO/c13-10-5-3-9(4-6-10)12(15)8-11-2-1-7-14-11/h3-6,8,14H,1-2,7H2. The van der Waals surface area contributed by atoms with Crippen LogP contribution in [0.25, 0.3) is 0 Å². The summed E-state index contributed by atoms with van der Waals surface area (Å²) in [5.41, 5.74) is 1.72. The van der Waals surface area contributed by atoms with Gasteiger partial charge in [0.2, 0.25) is 0 Å². The van der Waals surface area contributed by atoms with E-state index in [1.807, 2.05) is 0 Å². The zero-order valence-corrected chi connectivity index (χ0v) is 9.05. The van der Waals surface area contributed by atoms with Crippen LogP contribution in [0.15, 0.2) is 36.0 Å². The number of rotatable bonds is 2. The second kappa shape index (κ2) is 4.49. The van der Waals surface area contributed by atoms with E-state index < -0.39 is 0 Å². The number of benzene rings is 1. The van der Waals surface area contributed by atoms with Gasteiger partial charge in [0, 0.05) is 28.9 Å². The molecule has 0 radical (unpaired) electrons. The Kier molecular flexibility index (Phi) is 3.07. The molecule has 1 aromatic rings. The number of halogens is 1. The van der Waals surface area contributed by atoms with Crippen LogP contribution >= 0.6 is 11.6 Å². The molecule has 0 aromatic heterocycles. The summed E-state index contributed by atoms with van der Waals surface area (Å²) in [6, 6.07) is 6.96. The smallest absolute Gasteiger partial charge is 0.187 e. The van der Waals surface area contributed by atoms with Crippen molar-refractivity contribution in [2.75, 3.05) is 6.54 Å². The maximum absolute atomic E-state index is 11.8. The van der Waals surface area contributed by atoms with Crippen molar-refractivity contribution in [2.24, 2.45) is 0 Å². The Bertz CT molecular complexity index is 387. The van der Waals surface area contributed by atoms with Crippen LogP contribution in [0.2, 0.25) is 5.02 Å². The summed E-state index contributed by atoms with van der Waals surface area (Å²) in [7, 11) is 0. The Morgan fingerprint density at radius 1 is 1.33 bits per heavy atom. The van der Waals surface area contributed by atoms with Gasteiger partial charge >= 0.3 is 0 Å². The van der Waals surface area contributed by atoms with Crippen molar-refractivity contribution in [3.63, 3.8) is 0 Å². The van der Waals surface area contributed by atoms with Crippen LogP contribution < -0.4 is 5.32 Å². The highest BCUT2D eigenvalue weighted by molar-refractivity contribution is 6.30. The van der Waals surface area contributed by atoms with Crippen molar-refractivity contribution in [1.29, 1.82) is 0 Å². The molecule has 1 aliphatic rings. The highest BCUT2D eigenvalue weighted by Gasteiger charge is 2.08. The van der Waals surface area contributed by atoms with E-state index in [0.29, 0.717) is 10.6 Å². The van der Waals surface area contributed by atoms with Crippen LogP contribution in [0.3, 0.4) is 0 Å². The van der Waals surface area contributed by atoms with Crippen LogP contribution in [-0.4, -0.2) is 12.3 Å². The van der Waals surface area contributed by atoms with Crippen LogP contribution in [-0.2, 0) is 0 Å². The van der Waals surface area contributed by atoms with E-state index in [1.165, 1.54) is 0 Å². The Morgan fingerprint density at radius 3 is 2.67 bits per heavy atom. The molecule has 3 heteroatoms.